The zero-order valence-electron chi connectivity index (χ0n) is 13.9. The van der Waals surface area contributed by atoms with E-state index in [0.717, 1.165) is 17.9 Å². The summed E-state index contributed by atoms with van der Waals surface area (Å²) >= 11 is 0. The number of hydrogen-bond acceptors (Lipinski definition) is 3. The van der Waals surface area contributed by atoms with Crippen molar-refractivity contribution < 1.29 is 0 Å². The van der Waals surface area contributed by atoms with Crippen LogP contribution in [0.5, 0.6) is 0 Å². The van der Waals surface area contributed by atoms with Crippen LogP contribution in [0, 0.1) is 13.8 Å². The number of nitrogens with zero attached hydrogens (tertiary/aromatic N) is 3. The zero-order valence-corrected chi connectivity index (χ0v) is 13.9. The summed E-state index contributed by atoms with van der Waals surface area (Å²) in [6, 6.07) is 9.01. The van der Waals surface area contributed by atoms with Gasteiger partial charge in [-0.15, -0.1) is 0 Å². The SMILES string of the molecule is Cc1nn(C(C)C)c(C)c1NCc1ccc(N(C)C)cc1. The molecule has 4 nitrogen and oxygen atoms in total. The van der Waals surface area contributed by atoms with Gasteiger partial charge in [-0.2, -0.15) is 5.10 Å². The van der Waals surface area contributed by atoms with E-state index < -0.39 is 0 Å². The highest BCUT2D eigenvalue weighted by Crippen LogP contribution is 2.23. The molecule has 1 N–H and O–H groups in total. The lowest BCUT2D eigenvalue weighted by Gasteiger charge is -2.13. The summed E-state index contributed by atoms with van der Waals surface area (Å²) in [7, 11) is 4.11. The molecule has 0 saturated carbocycles. The Kier molecular flexibility index (Phi) is 4.56. The smallest absolute Gasteiger partial charge is 0.0828 e. The van der Waals surface area contributed by atoms with Crippen molar-refractivity contribution in [2.75, 3.05) is 24.3 Å². The second-order valence-corrected chi connectivity index (χ2v) is 6.00. The lowest BCUT2D eigenvalue weighted by Crippen LogP contribution is -2.09. The normalized spacial score (nSPS) is 11.0. The van der Waals surface area contributed by atoms with Gasteiger partial charge in [-0.05, 0) is 45.4 Å². The molecule has 1 aromatic carbocycles. The standard InChI is InChI=1S/C17H26N4/c1-12(2)21-14(4)17(13(3)19-21)18-11-15-7-9-16(10-8-15)20(5)6/h7-10,12,18H,11H2,1-6H3. The van der Waals surface area contributed by atoms with E-state index in [9.17, 15) is 0 Å². The molecule has 2 aromatic rings. The molecule has 0 saturated heterocycles. The van der Waals surface area contributed by atoms with E-state index in [1.54, 1.807) is 0 Å². The molecule has 0 spiro atoms. The summed E-state index contributed by atoms with van der Waals surface area (Å²) in [5, 5.41) is 8.13. The predicted molar refractivity (Wildman–Crippen MR) is 90.2 cm³/mol. The maximum Gasteiger partial charge on any atom is 0.0828 e. The molecule has 0 radical (unpaired) electrons. The van der Waals surface area contributed by atoms with Gasteiger partial charge in [-0.1, -0.05) is 12.1 Å². The first-order valence-electron chi connectivity index (χ1n) is 7.46. The largest absolute Gasteiger partial charge is 0.378 e. The first kappa shape index (κ1) is 15.4. The summed E-state index contributed by atoms with van der Waals surface area (Å²) in [4.78, 5) is 2.11. The van der Waals surface area contributed by atoms with E-state index in [0.29, 0.717) is 6.04 Å². The van der Waals surface area contributed by atoms with Crippen molar-refractivity contribution in [1.29, 1.82) is 0 Å². The maximum absolute atomic E-state index is 4.61. The van der Waals surface area contributed by atoms with Crippen LogP contribution in [0.3, 0.4) is 0 Å². The highest BCUT2D eigenvalue weighted by Gasteiger charge is 2.12. The Bertz CT molecular complexity index is 594. The molecule has 1 heterocycles. The fourth-order valence-electron chi connectivity index (χ4n) is 2.52. The van der Waals surface area contributed by atoms with Crippen LogP contribution < -0.4 is 10.2 Å². The van der Waals surface area contributed by atoms with Gasteiger partial charge < -0.3 is 10.2 Å². The van der Waals surface area contributed by atoms with E-state index in [-0.39, 0.29) is 0 Å². The van der Waals surface area contributed by atoms with Crippen LogP contribution in [0.1, 0.15) is 36.8 Å². The number of benzene rings is 1. The predicted octanol–water partition coefficient (Wildman–Crippen LogP) is 3.76. The quantitative estimate of drug-likeness (QED) is 0.908. The second kappa shape index (κ2) is 6.20. The number of anilines is 2. The van der Waals surface area contributed by atoms with Gasteiger partial charge in [0.05, 0.1) is 17.1 Å². The lowest BCUT2D eigenvalue weighted by atomic mass is 10.2. The third-order valence-electron chi connectivity index (χ3n) is 3.74. The van der Waals surface area contributed by atoms with Crippen molar-refractivity contribution in [3.63, 3.8) is 0 Å². The van der Waals surface area contributed by atoms with Crippen LogP contribution in [-0.4, -0.2) is 23.9 Å². The molecule has 114 valence electrons. The third kappa shape index (κ3) is 3.38. The van der Waals surface area contributed by atoms with Gasteiger partial charge in [-0.25, -0.2) is 0 Å². The average Bonchev–Trinajstić information content (AvgIpc) is 2.72. The minimum atomic E-state index is 0.388. The van der Waals surface area contributed by atoms with Crippen LogP contribution in [0.15, 0.2) is 24.3 Å². The summed E-state index contributed by atoms with van der Waals surface area (Å²) in [6.45, 7) is 9.31. The van der Waals surface area contributed by atoms with E-state index in [2.05, 4.69) is 86.1 Å². The van der Waals surface area contributed by atoms with Gasteiger partial charge >= 0.3 is 0 Å². The molecule has 0 aliphatic carbocycles. The van der Waals surface area contributed by atoms with Gasteiger partial charge in [0.25, 0.3) is 0 Å². The van der Waals surface area contributed by atoms with Crippen molar-refractivity contribution in [2.45, 2.75) is 40.3 Å². The fraction of sp³-hybridized carbons (Fsp3) is 0.471. The van der Waals surface area contributed by atoms with E-state index >= 15 is 0 Å². The van der Waals surface area contributed by atoms with Gasteiger partial charge in [0, 0.05) is 32.4 Å². The van der Waals surface area contributed by atoms with Crippen molar-refractivity contribution in [3.05, 3.63) is 41.2 Å². The van der Waals surface area contributed by atoms with Gasteiger partial charge in [0.1, 0.15) is 0 Å². The molecular formula is C17H26N4. The first-order chi connectivity index (χ1) is 9.90. The Balaban J connectivity index is 2.09. The minimum absolute atomic E-state index is 0.388. The van der Waals surface area contributed by atoms with Crippen molar-refractivity contribution in [3.8, 4) is 0 Å². The van der Waals surface area contributed by atoms with Crippen LogP contribution in [0.4, 0.5) is 11.4 Å². The Hall–Kier alpha value is -1.97. The van der Waals surface area contributed by atoms with E-state index in [1.165, 1.54) is 16.9 Å². The number of rotatable bonds is 5. The molecular weight excluding hydrogens is 260 g/mol. The Morgan fingerprint density at radius 3 is 2.24 bits per heavy atom. The molecule has 0 atom stereocenters. The Labute approximate surface area is 127 Å². The molecule has 4 heteroatoms. The zero-order chi connectivity index (χ0) is 15.6. The van der Waals surface area contributed by atoms with Crippen LogP contribution in [0.25, 0.3) is 0 Å². The van der Waals surface area contributed by atoms with Gasteiger partial charge in [-0.3, -0.25) is 4.68 Å². The number of hydrogen-bond donors (Lipinski definition) is 1. The molecule has 0 amide bonds. The topological polar surface area (TPSA) is 33.1 Å². The summed E-state index contributed by atoms with van der Waals surface area (Å²) in [6.07, 6.45) is 0. The van der Waals surface area contributed by atoms with E-state index in [1.807, 2.05) is 0 Å². The Morgan fingerprint density at radius 2 is 1.76 bits per heavy atom. The molecule has 0 bridgehead atoms. The number of nitrogens with one attached hydrogen (secondary N) is 1. The lowest BCUT2D eigenvalue weighted by molar-refractivity contribution is 0.516. The highest BCUT2D eigenvalue weighted by atomic mass is 15.3. The molecule has 0 fully saturated rings. The molecule has 1 aromatic heterocycles. The second-order valence-electron chi connectivity index (χ2n) is 6.00. The minimum Gasteiger partial charge on any atom is -0.378 e. The van der Waals surface area contributed by atoms with Gasteiger partial charge in [0.2, 0.25) is 0 Å². The third-order valence-corrected chi connectivity index (χ3v) is 3.74. The molecule has 0 aliphatic rings. The number of aromatic nitrogens is 2. The Morgan fingerprint density at radius 1 is 1.14 bits per heavy atom. The monoisotopic (exact) mass is 286 g/mol. The van der Waals surface area contributed by atoms with Crippen LogP contribution >= 0.6 is 0 Å². The first-order valence-corrected chi connectivity index (χ1v) is 7.46. The molecule has 21 heavy (non-hydrogen) atoms. The molecule has 0 aliphatic heterocycles. The molecule has 2 rings (SSSR count). The van der Waals surface area contributed by atoms with Crippen LogP contribution in [0.2, 0.25) is 0 Å². The summed E-state index contributed by atoms with van der Waals surface area (Å²) < 4.78 is 2.08. The highest BCUT2D eigenvalue weighted by molar-refractivity contribution is 5.53. The summed E-state index contributed by atoms with van der Waals surface area (Å²) in [5.74, 6) is 0. The molecule has 0 unspecified atom stereocenters. The van der Waals surface area contributed by atoms with Crippen molar-refractivity contribution in [1.82, 2.24) is 9.78 Å². The van der Waals surface area contributed by atoms with Crippen molar-refractivity contribution in [2.24, 2.45) is 0 Å². The van der Waals surface area contributed by atoms with Crippen molar-refractivity contribution >= 4 is 11.4 Å². The van der Waals surface area contributed by atoms with E-state index in [4.69, 9.17) is 0 Å². The maximum atomic E-state index is 4.61. The average molecular weight is 286 g/mol. The van der Waals surface area contributed by atoms with Crippen LogP contribution in [-0.2, 0) is 6.54 Å². The van der Waals surface area contributed by atoms with Gasteiger partial charge in [0.15, 0.2) is 0 Å². The number of aryl methyl sites for hydroxylation is 1. The summed E-state index contributed by atoms with van der Waals surface area (Å²) in [5.41, 5.74) is 5.91. The fourth-order valence-corrected chi connectivity index (χ4v) is 2.52.